The first-order valence-corrected chi connectivity index (χ1v) is 5.14. The second-order valence-electron chi connectivity index (χ2n) is 3.06. The summed E-state index contributed by atoms with van der Waals surface area (Å²) < 4.78 is 17.8. The Hall–Kier alpha value is -1.50. The SMILES string of the molecule is CCNc1nc(F)nc(NCCCOC)n1. The van der Waals surface area contributed by atoms with E-state index >= 15 is 0 Å². The van der Waals surface area contributed by atoms with Crippen LogP contribution in [0.1, 0.15) is 13.3 Å². The number of anilines is 2. The lowest BCUT2D eigenvalue weighted by molar-refractivity contribution is 0.197. The lowest BCUT2D eigenvalue weighted by Gasteiger charge is -2.06. The lowest BCUT2D eigenvalue weighted by Crippen LogP contribution is -2.12. The number of aromatic nitrogens is 3. The van der Waals surface area contributed by atoms with Gasteiger partial charge < -0.3 is 15.4 Å². The van der Waals surface area contributed by atoms with Crippen molar-refractivity contribution in [3.8, 4) is 0 Å². The zero-order valence-corrected chi connectivity index (χ0v) is 9.46. The minimum Gasteiger partial charge on any atom is -0.385 e. The molecule has 6 nitrogen and oxygen atoms in total. The van der Waals surface area contributed by atoms with Crippen LogP contribution in [0.25, 0.3) is 0 Å². The molecule has 0 atom stereocenters. The van der Waals surface area contributed by atoms with Crippen molar-refractivity contribution in [3.63, 3.8) is 0 Å². The number of halogens is 1. The van der Waals surface area contributed by atoms with Gasteiger partial charge in [0.25, 0.3) is 0 Å². The number of methoxy groups -OCH3 is 1. The van der Waals surface area contributed by atoms with Crippen LogP contribution in [0.3, 0.4) is 0 Å². The summed E-state index contributed by atoms with van der Waals surface area (Å²) in [6.45, 7) is 3.78. The van der Waals surface area contributed by atoms with Crippen LogP contribution in [0.15, 0.2) is 0 Å². The van der Waals surface area contributed by atoms with Gasteiger partial charge in [-0.3, -0.25) is 0 Å². The molecule has 0 radical (unpaired) electrons. The molecule has 90 valence electrons. The van der Waals surface area contributed by atoms with Crippen molar-refractivity contribution in [2.45, 2.75) is 13.3 Å². The molecule has 0 saturated carbocycles. The zero-order chi connectivity index (χ0) is 11.8. The quantitative estimate of drug-likeness (QED) is 0.676. The monoisotopic (exact) mass is 229 g/mol. The average molecular weight is 229 g/mol. The highest BCUT2D eigenvalue weighted by atomic mass is 19.1. The molecule has 0 aliphatic heterocycles. The van der Waals surface area contributed by atoms with Crippen molar-refractivity contribution in [1.82, 2.24) is 15.0 Å². The minimum absolute atomic E-state index is 0.236. The second-order valence-corrected chi connectivity index (χ2v) is 3.06. The summed E-state index contributed by atoms with van der Waals surface area (Å²) in [6.07, 6.45) is 0.0144. The summed E-state index contributed by atoms with van der Waals surface area (Å²) in [6, 6.07) is 0. The number of rotatable bonds is 7. The Morgan fingerprint density at radius 2 is 1.88 bits per heavy atom. The summed E-state index contributed by atoms with van der Waals surface area (Å²) in [5, 5.41) is 5.72. The van der Waals surface area contributed by atoms with Gasteiger partial charge in [-0.2, -0.15) is 19.3 Å². The van der Waals surface area contributed by atoms with Gasteiger partial charge >= 0.3 is 6.08 Å². The third kappa shape index (κ3) is 4.35. The van der Waals surface area contributed by atoms with E-state index in [-0.39, 0.29) is 11.9 Å². The van der Waals surface area contributed by atoms with Crippen LogP contribution >= 0.6 is 0 Å². The lowest BCUT2D eigenvalue weighted by atomic mass is 10.4. The highest BCUT2D eigenvalue weighted by Crippen LogP contribution is 2.04. The molecule has 1 aromatic rings. The molecule has 7 heteroatoms. The van der Waals surface area contributed by atoms with Gasteiger partial charge in [0, 0.05) is 26.8 Å². The number of ether oxygens (including phenoxy) is 1. The van der Waals surface area contributed by atoms with Crippen LogP contribution in [0.5, 0.6) is 0 Å². The Balaban J connectivity index is 2.51. The van der Waals surface area contributed by atoms with Gasteiger partial charge in [0.15, 0.2) is 0 Å². The smallest absolute Gasteiger partial charge is 0.315 e. The molecule has 0 bridgehead atoms. The molecule has 0 unspecified atom stereocenters. The maximum atomic E-state index is 13.0. The number of hydrogen-bond donors (Lipinski definition) is 2. The molecule has 2 N–H and O–H groups in total. The normalized spacial score (nSPS) is 10.2. The van der Waals surface area contributed by atoms with E-state index < -0.39 is 6.08 Å². The Labute approximate surface area is 93.7 Å². The van der Waals surface area contributed by atoms with E-state index in [0.29, 0.717) is 19.7 Å². The molecule has 1 rings (SSSR count). The van der Waals surface area contributed by atoms with Gasteiger partial charge in [-0.25, -0.2) is 0 Å². The van der Waals surface area contributed by atoms with Crippen molar-refractivity contribution in [2.75, 3.05) is 37.4 Å². The van der Waals surface area contributed by atoms with Gasteiger partial charge in [-0.15, -0.1) is 0 Å². The Kier molecular flexibility index (Phi) is 5.41. The van der Waals surface area contributed by atoms with Gasteiger partial charge in [-0.05, 0) is 13.3 Å². The van der Waals surface area contributed by atoms with Crippen LogP contribution in [0, 0.1) is 6.08 Å². The summed E-state index contributed by atoms with van der Waals surface area (Å²) >= 11 is 0. The van der Waals surface area contributed by atoms with E-state index in [9.17, 15) is 4.39 Å². The molecule has 0 amide bonds. The van der Waals surface area contributed by atoms with Crippen LogP contribution in [-0.4, -0.2) is 41.8 Å². The number of nitrogens with zero attached hydrogens (tertiary/aromatic N) is 3. The molecule has 0 fully saturated rings. The van der Waals surface area contributed by atoms with Crippen molar-refractivity contribution in [1.29, 1.82) is 0 Å². The van der Waals surface area contributed by atoms with Crippen LogP contribution in [0.2, 0.25) is 0 Å². The molecule has 0 aliphatic carbocycles. The largest absolute Gasteiger partial charge is 0.385 e. The van der Waals surface area contributed by atoms with E-state index in [1.54, 1.807) is 7.11 Å². The van der Waals surface area contributed by atoms with Gasteiger partial charge in [0.1, 0.15) is 0 Å². The predicted octanol–water partition coefficient (Wildman–Crippen LogP) is 0.891. The summed E-state index contributed by atoms with van der Waals surface area (Å²) in [5.41, 5.74) is 0. The first kappa shape index (κ1) is 12.6. The van der Waals surface area contributed by atoms with Crippen molar-refractivity contribution < 1.29 is 9.13 Å². The van der Waals surface area contributed by atoms with E-state index in [1.165, 1.54) is 0 Å². The summed E-state index contributed by atoms with van der Waals surface area (Å²) in [4.78, 5) is 11.0. The third-order valence-corrected chi connectivity index (χ3v) is 1.75. The first-order valence-electron chi connectivity index (χ1n) is 5.14. The number of nitrogens with one attached hydrogen (secondary N) is 2. The molecule has 0 aliphatic rings. The van der Waals surface area contributed by atoms with Crippen LogP contribution < -0.4 is 10.6 Å². The first-order chi connectivity index (χ1) is 7.76. The van der Waals surface area contributed by atoms with Crippen molar-refractivity contribution in [3.05, 3.63) is 6.08 Å². The summed E-state index contributed by atoms with van der Waals surface area (Å²) in [5.74, 6) is 0.476. The fourth-order valence-electron chi connectivity index (χ4n) is 1.08. The average Bonchev–Trinajstić information content (AvgIpc) is 2.24. The third-order valence-electron chi connectivity index (χ3n) is 1.75. The second kappa shape index (κ2) is 6.89. The molecule has 0 saturated heterocycles. The van der Waals surface area contributed by atoms with Gasteiger partial charge in [0.2, 0.25) is 11.9 Å². The molecular weight excluding hydrogens is 213 g/mol. The van der Waals surface area contributed by atoms with E-state index in [0.717, 1.165) is 6.42 Å². The van der Waals surface area contributed by atoms with E-state index in [1.807, 2.05) is 6.92 Å². The summed E-state index contributed by atoms with van der Waals surface area (Å²) in [7, 11) is 1.63. The maximum Gasteiger partial charge on any atom is 0.315 e. The van der Waals surface area contributed by atoms with Gasteiger partial charge in [0.05, 0.1) is 0 Å². The minimum atomic E-state index is -0.791. The molecule has 1 heterocycles. The maximum absolute atomic E-state index is 13.0. The van der Waals surface area contributed by atoms with Gasteiger partial charge in [-0.1, -0.05) is 0 Å². The van der Waals surface area contributed by atoms with Crippen molar-refractivity contribution >= 4 is 11.9 Å². The van der Waals surface area contributed by atoms with Crippen molar-refractivity contribution in [2.24, 2.45) is 0 Å². The highest BCUT2D eigenvalue weighted by molar-refractivity contribution is 5.32. The molecule has 1 aromatic heterocycles. The molecular formula is C9H16FN5O. The van der Waals surface area contributed by atoms with E-state index in [2.05, 4.69) is 25.6 Å². The molecule has 0 aromatic carbocycles. The Bertz CT molecular complexity index is 323. The number of hydrogen-bond acceptors (Lipinski definition) is 6. The standard InChI is InChI=1S/C9H16FN5O/c1-3-11-8-13-7(10)14-9(15-8)12-5-4-6-16-2/h3-6H2,1-2H3,(H2,11,12,13,14,15). The molecule has 16 heavy (non-hydrogen) atoms. The van der Waals surface area contributed by atoms with Crippen LogP contribution in [0.4, 0.5) is 16.3 Å². The topological polar surface area (TPSA) is 72.0 Å². The highest BCUT2D eigenvalue weighted by Gasteiger charge is 2.04. The fourth-order valence-corrected chi connectivity index (χ4v) is 1.08. The van der Waals surface area contributed by atoms with Crippen LogP contribution in [-0.2, 0) is 4.74 Å². The Morgan fingerprint density at radius 3 is 2.50 bits per heavy atom. The molecule has 0 spiro atoms. The zero-order valence-electron chi connectivity index (χ0n) is 9.46. The Morgan fingerprint density at radius 1 is 1.19 bits per heavy atom. The fraction of sp³-hybridized carbons (Fsp3) is 0.667. The van der Waals surface area contributed by atoms with E-state index in [4.69, 9.17) is 4.74 Å². The predicted molar refractivity (Wildman–Crippen MR) is 58.9 cm³/mol.